The minimum atomic E-state index is -0.710. The summed E-state index contributed by atoms with van der Waals surface area (Å²) in [6.45, 7) is 0.490. The molecule has 0 unspecified atom stereocenters. The number of rotatable bonds is 5. The van der Waals surface area contributed by atoms with Gasteiger partial charge in [0.25, 0.3) is 0 Å². The first-order chi connectivity index (χ1) is 9.20. The molecule has 0 spiro atoms. The average Bonchev–Trinajstić information content (AvgIpc) is 2.42. The maximum Gasteiger partial charge on any atom is 0.168 e. The highest BCUT2D eigenvalue weighted by molar-refractivity contribution is 5.47. The molecule has 0 fully saturated rings. The van der Waals surface area contributed by atoms with Crippen LogP contribution in [0.25, 0.3) is 0 Å². The highest BCUT2D eigenvalue weighted by atomic mass is 19.1. The molecule has 0 saturated carbocycles. The first-order valence-electron chi connectivity index (χ1n) is 5.87. The molecule has 0 radical (unpaired) electrons. The van der Waals surface area contributed by atoms with E-state index < -0.39 is 11.6 Å². The third-order valence-electron chi connectivity index (χ3n) is 2.60. The molecule has 100 valence electrons. The van der Waals surface area contributed by atoms with E-state index >= 15 is 0 Å². The normalized spacial score (nSPS) is 10.3. The number of nitrogens with one attached hydrogen (secondary N) is 2. The third-order valence-corrected chi connectivity index (χ3v) is 2.60. The Morgan fingerprint density at radius 2 is 2.00 bits per heavy atom. The maximum atomic E-state index is 13.5. The zero-order chi connectivity index (χ0) is 13.7. The summed E-state index contributed by atoms with van der Waals surface area (Å²) < 4.78 is 26.7. The molecular weight excluding hydrogens is 250 g/mol. The lowest BCUT2D eigenvalue weighted by Gasteiger charge is -2.09. The molecule has 0 saturated heterocycles. The summed E-state index contributed by atoms with van der Waals surface area (Å²) in [7, 11) is 1.53. The number of pyridine rings is 2. The lowest BCUT2D eigenvalue weighted by molar-refractivity contribution is 0.578. The highest BCUT2D eigenvalue weighted by Gasteiger charge is 2.10. The molecule has 0 atom stereocenters. The monoisotopic (exact) mass is 264 g/mol. The van der Waals surface area contributed by atoms with Crippen molar-refractivity contribution in [2.45, 2.75) is 6.42 Å². The van der Waals surface area contributed by atoms with Crippen LogP contribution in [0.1, 0.15) is 5.56 Å². The van der Waals surface area contributed by atoms with Gasteiger partial charge in [0.1, 0.15) is 0 Å². The predicted octanol–water partition coefficient (Wildman–Crippen LogP) is 2.45. The van der Waals surface area contributed by atoms with E-state index in [1.807, 2.05) is 12.1 Å². The topological polar surface area (TPSA) is 49.8 Å². The predicted molar refractivity (Wildman–Crippen MR) is 70.1 cm³/mol. The molecule has 0 aliphatic heterocycles. The first-order valence-corrected chi connectivity index (χ1v) is 5.87. The van der Waals surface area contributed by atoms with Crippen LogP contribution >= 0.6 is 0 Å². The molecule has 2 heterocycles. The van der Waals surface area contributed by atoms with E-state index in [2.05, 4.69) is 20.6 Å². The van der Waals surface area contributed by atoms with E-state index in [0.717, 1.165) is 11.6 Å². The van der Waals surface area contributed by atoms with Gasteiger partial charge < -0.3 is 10.6 Å². The number of nitrogens with zero attached hydrogens (tertiary/aromatic N) is 2. The van der Waals surface area contributed by atoms with Crippen molar-refractivity contribution in [3.63, 3.8) is 0 Å². The van der Waals surface area contributed by atoms with Gasteiger partial charge in [-0.15, -0.1) is 0 Å². The molecule has 4 nitrogen and oxygen atoms in total. The van der Waals surface area contributed by atoms with Gasteiger partial charge in [0.15, 0.2) is 23.3 Å². The minimum Gasteiger partial charge on any atom is -0.371 e. The molecular formula is C13H14F2N4. The van der Waals surface area contributed by atoms with E-state index in [1.54, 1.807) is 12.4 Å². The maximum absolute atomic E-state index is 13.5. The van der Waals surface area contributed by atoms with Crippen LogP contribution in [0, 0.1) is 11.6 Å². The summed E-state index contributed by atoms with van der Waals surface area (Å²) in [4.78, 5) is 7.82. The van der Waals surface area contributed by atoms with Crippen molar-refractivity contribution in [3.8, 4) is 0 Å². The summed E-state index contributed by atoms with van der Waals surface area (Å²) in [5, 5.41) is 5.41. The largest absolute Gasteiger partial charge is 0.371 e. The Morgan fingerprint density at radius 3 is 2.68 bits per heavy atom. The van der Waals surface area contributed by atoms with Crippen molar-refractivity contribution in [3.05, 3.63) is 47.8 Å². The standard InChI is InChI=1S/C13H14F2N4/c1-16-12-10(14)7-11(15)13(19-12)18-6-4-9-3-2-5-17-8-9/h2-3,5,7-8H,4,6H2,1H3,(H2,16,18,19). The average molecular weight is 264 g/mol. The quantitative estimate of drug-likeness (QED) is 0.871. The van der Waals surface area contributed by atoms with Crippen molar-refractivity contribution in [1.82, 2.24) is 9.97 Å². The zero-order valence-electron chi connectivity index (χ0n) is 10.5. The molecule has 0 aliphatic rings. The summed E-state index contributed by atoms with van der Waals surface area (Å²) in [6, 6.07) is 4.58. The van der Waals surface area contributed by atoms with Crippen LogP contribution in [-0.4, -0.2) is 23.6 Å². The van der Waals surface area contributed by atoms with E-state index in [-0.39, 0.29) is 11.6 Å². The van der Waals surface area contributed by atoms with Gasteiger partial charge in [0, 0.05) is 32.1 Å². The lowest BCUT2D eigenvalue weighted by atomic mass is 10.2. The number of hydrogen-bond donors (Lipinski definition) is 2. The van der Waals surface area contributed by atoms with E-state index in [1.165, 1.54) is 7.05 Å². The van der Waals surface area contributed by atoms with Gasteiger partial charge in [-0.2, -0.15) is 0 Å². The van der Waals surface area contributed by atoms with Crippen molar-refractivity contribution in [2.24, 2.45) is 0 Å². The molecule has 2 rings (SSSR count). The van der Waals surface area contributed by atoms with E-state index in [9.17, 15) is 8.78 Å². The summed E-state index contributed by atoms with van der Waals surface area (Å²) >= 11 is 0. The molecule has 2 aromatic heterocycles. The fourth-order valence-corrected chi connectivity index (χ4v) is 1.64. The Hall–Kier alpha value is -2.24. The van der Waals surface area contributed by atoms with Gasteiger partial charge in [-0.05, 0) is 18.1 Å². The van der Waals surface area contributed by atoms with Crippen LogP contribution in [0.3, 0.4) is 0 Å². The zero-order valence-corrected chi connectivity index (χ0v) is 10.5. The highest BCUT2D eigenvalue weighted by Crippen LogP contribution is 2.18. The summed E-state index contributed by atoms with van der Waals surface area (Å²) in [6.07, 6.45) is 4.12. The third kappa shape index (κ3) is 3.37. The van der Waals surface area contributed by atoms with Gasteiger partial charge >= 0.3 is 0 Å². The molecule has 0 amide bonds. The lowest BCUT2D eigenvalue weighted by Crippen LogP contribution is -2.10. The minimum absolute atomic E-state index is 0.0188. The van der Waals surface area contributed by atoms with Crippen LogP contribution in [0.2, 0.25) is 0 Å². The molecule has 0 bridgehead atoms. The Labute approximate surface area is 109 Å². The first kappa shape index (κ1) is 13.2. The second-order valence-corrected chi connectivity index (χ2v) is 3.94. The second-order valence-electron chi connectivity index (χ2n) is 3.94. The Bertz CT molecular complexity index is 546. The van der Waals surface area contributed by atoms with Crippen molar-refractivity contribution in [1.29, 1.82) is 0 Å². The number of anilines is 2. The number of aromatic nitrogens is 2. The van der Waals surface area contributed by atoms with Crippen LogP contribution in [0.4, 0.5) is 20.4 Å². The SMILES string of the molecule is CNc1nc(NCCc2cccnc2)c(F)cc1F. The van der Waals surface area contributed by atoms with E-state index in [4.69, 9.17) is 0 Å². The van der Waals surface area contributed by atoms with Gasteiger partial charge in [-0.25, -0.2) is 13.8 Å². The number of halogens is 2. The molecule has 0 aromatic carbocycles. The Balaban J connectivity index is 2.00. The molecule has 6 heteroatoms. The van der Waals surface area contributed by atoms with Gasteiger partial charge in [-0.1, -0.05) is 6.07 Å². The van der Waals surface area contributed by atoms with Crippen LogP contribution in [-0.2, 0) is 6.42 Å². The molecule has 2 aromatic rings. The smallest absolute Gasteiger partial charge is 0.168 e. The van der Waals surface area contributed by atoms with Crippen LogP contribution < -0.4 is 10.6 Å². The molecule has 2 N–H and O–H groups in total. The van der Waals surface area contributed by atoms with Crippen molar-refractivity contribution in [2.75, 3.05) is 24.2 Å². The van der Waals surface area contributed by atoms with Crippen LogP contribution in [0.5, 0.6) is 0 Å². The Morgan fingerprint density at radius 1 is 1.21 bits per heavy atom. The molecule has 0 aliphatic carbocycles. The van der Waals surface area contributed by atoms with Gasteiger partial charge in [0.05, 0.1) is 0 Å². The van der Waals surface area contributed by atoms with Crippen molar-refractivity contribution < 1.29 is 8.78 Å². The summed E-state index contributed by atoms with van der Waals surface area (Å²) in [5.74, 6) is -1.36. The van der Waals surface area contributed by atoms with Gasteiger partial charge in [-0.3, -0.25) is 4.98 Å². The second kappa shape index (κ2) is 6.08. The van der Waals surface area contributed by atoms with Gasteiger partial charge in [0.2, 0.25) is 0 Å². The number of hydrogen-bond acceptors (Lipinski definition) is 4. The van der Waals surface area contributed by atoms with Crippen LogP contribution in [0.15, 0.2) is 30.6 Å². The van der Waals surface area contributed by atoms with E-state index in [0.29, 0.717) is 13.0 Å². The summed E-state index contributed by atoms with van der Waals surface area (Å²) in [5.41, 5.74) is 1.03. The fourth-order valence-electron chi connectivity index (χ4n) is 1.64. The Kier molecular flexibility index (Phi) is 4.22. The van der Waals surface area contributed by atoms with Crippen molar-refractivity contribution >= 4 is 11.6 Å². The fraction of sp³-hybridized carbons (Fsp3) is 0.231. The molecule has 19 heavy (non-hydrogen) atoms.